The zero-order valence-electron chi connectivity index (χ0n) is 20.6. The molecule has 0 atom stereocenters. The van der Waals surface area contributed by atoms with E-state index in [1.807, 2.05) is 78.0 Å². The Morgan fingerprint density at radius 1 is 0.829 bits per heavy atom. The molecule has 0 fully saturated rings. The molecule has 7 heteroatoms. The van der Waals surface area contributed by atoms with Gasteiger partial charge >= 0.3 is 0 Å². The Hall–Kier alpha value is -4.13. The van der Waals surface area contributed by atoms with E-state index in [4.69, 9.17) is 9.47 Å². The molecule has 0 aliphatic carbocycles. The van der Waals surface area contributed by atoms with Crippen molar-refractivity contribution in [2.24, 2.45) is 0 Å². The fraction of sp³-hybridized carbons (Fsp3) is 0.250. The maximum Gasteiger partial charge on any atom is 0.254 e. The maximum absolute atomic E-state index is 13.6. The van der Waals surface area contributed by atoms with Crippen molar-refractivity contribution in [3.8, 4) is 11.5 Å². The standard InChI is InChI=1S/C28H30N4O3/c1-20-15-21(2)32(30-20)19-22-5-8-25(9-6-22)28(33)31(17-23-11-13-29-14-12-23)18-24-7-10-26(34-3)27(16-24)35-4/h5-16H,17-19H2,1-4H3. The van der Waals surface area contributed by atoms with Gasteiger partial charge in [-0.1, -0.05) is 18.2 Å². The molecular formula is C28H30N4O3. The Morgan fingerprint density at radius 3 is 2.11 bits per heavy atom. The number of benzene rings is 2. The minimum atomic E-state index is -0.0470. The van der Waals surface area contributed by atoms with Crippen molar-refractivity contribution in [3.63, 3.8) is 0 Å². The molecule has 180 valence electrons. The number of pyridine rings is 1. The first-order chi connectivity index (χ1) is 17.0. The highest BCUT2D eigenvalue weighted by Crippen LogP contribution is 2.28. The summed E-state index contributed by atoms with van der Waals surface area (Å²) in [6, 6.07) is 19.4. The first-order valence-electron chi connectivity index (χ1n) is 11.5. The van der Waals surface area contributed by atoms with Gasteiger partial charge in [0, 0.05) is 36.7 Å². The van der Waals surface area contributed by atoms with Crippen LogP contribution in [-0.4, -0.2) is 39.8 Å². The molecule has 7 nitrogen and oxygen atoms in total. The number of aryl methyl sites for hydroxylation is 2. The van der Waals surface area contributed by atoms with Gasteiger partial charge in [-0.2, -0.15) is 5.10 Å². The first kappa shape index (κ1) is 24.0. The molecule has 2 heterocycles. The fourth-order valence-electron chi connectivity index (χ4n) is 4.05. The summed E-state index contributed by atoms with van der Waals surface area (Å²) < 4.78 is 12.8. The van der Waals surface area contributed by atoms with Crippen molar-refractivity contribution < 1.29 is 14.3 Å². The normalized spacial score (nSPS) is 10.7. The fourth-order valence-corrected chi connectivity index (χ4v) is 4.05. The summed E-state index contributed by atoms with van der Waals surface area (Å²) in [4.78, 5) is 19.5. The molecule has 0 aliphatic heterocycles. The van der Waals surface area contributed by atoms with Crippen LogP contribution in [0.5, 0.6) is 11.5 Å². The molecule has 0 radical (unpaired) electrons. The number of ether oxygens (including phenoxy) is 2. The SMILES string of the molecule is COc1ccc(CN(Cc2ccncc2)C(=O)c2ccc(Cn3nc(C)cc3C)cc2)cc1OC. The maximum atomic E-state index is 13.6. The van der Waals surface area contributed by atoms with Crippen LogP contribution in [0.2, 0.25) is 0 Å². The van der Waals surface area contributed by atoms with E-state index in [1.165, 1.54) is 0 Å². The molecule has 4 aromatic rings. The van der Waals surface area contributed by atoms with E-state index in [0.717, 1.165) is 28.1 Å². The van der Waals surface area contributed by atoms with E-state index in [-0.39, 0.29) is 5.91 Å². The van der Waals surface area contributed by atoms with Crippen LogP contribution < -0.4 is 9.47 Å². The molecule has 0 spiro atoms. The number of hydrogen-bond donors (Lipinski definition) is 0. The second-order valence-corrected chi connectivity index (χ2v) is 8.49. The summed E-state index contributed by atoms with van der Waals surface area (Å²) in [7, 11) is 3.21. The third kappa shape index (κ3) is 5.87. The number of carbonyl (C=O) groups is 1. The first-order valence-corrected chi connectivity index (χ1v) is 11.5. The number of amides is 1. The van der Waals surface area contributed by atoms with Gasteiger partial charge in [-0.25, -0.2) is 0 Å². The third-order valence-corrected chi connectivity index (χ3v) is 5.87. The third-order valence-electron chi connectivity index (χ3n) is 5.87. The number of aromatic nitrogens is 3. The molecule has 0 bridgehead atoms. The van der Waals surface area contributed by atoms with Crippen LogP contribution in [0, 0.1) is 13.8 Å². The van der Waals surface area contributed by atoms with Crippen molar-refractivity contribution in [1.29, 1.82) is 0 Å². The van der Waals surface area contributed by atoms with Crippen LogP contribution in [0.1, 0.15) is 38.4 Å². The molecule has 0 saturated carbocycles. The molecule has 1 amide bonds. The lowest BCUT2D eigenvalue weighted by molar-refractivity contribution is 0.0730. The van der Waals surface area contributed by atoms with Crippen LogP contribution >= 0.6 is 0 Å². The van der Waals surface area contributed by atoms with Gasteiger partial charge in [-0.15, -0.1) is 0 Å². The number of methoxy groups -OCH3 is 2. The van der Waals surface area contributed by atoms with E-state index in [2.05, 4.69) is 16.1 Å². The van der Waals surface area contributed by atoms with Gasteiger partial charge < -0.3 is 14.4 Å². The Kier molecular flexibility index (Phi) is 7.45. The molecular weight excluding hydrogens is 440 g/mol. The van der Waals surface area contributed by atoms with Gasteiger partial charge in [0.1, 0.15) is 0 Å². The van der Waals surface area contributed by atoms with Gasteiger partial charge in [0.15, 0.2) is 11.5 Å². The van der Waals surface area contributed by atoms with E-state index in [9.17, 15) is 4.79 Å². The predicted molar refractivity (Wildman–Crippen MR) is 135 cm³/mol. The molecule has 35 heavy (non-hydrogen) atoms. The Bertz CT molecular complexity index is 1280. The lowest BCUT2D eigenvalue weighted by Crippen LogP contribution is -2.30. The summed E-state index contributed by atoms with van der Waals surface area (Å²) in [5, 5.41) is 4.53. The topological polar surface area (TPSA) is 69.5 Å². The van der Waals surface area contributed by atoms with Crippen LogP contribution in [0.25, 0.3) is 0 Å². The Morgan fingerprint density at radius 2 is 1.49 bits per heavy atom. The van der Waals surface area contributed by atoms with Crippen molar-refractivity contribution in [1.82, 2.24) is 19.7 Å². The summed E-state index contributed by atoms with van der Waals surface area (Å²) in [5.41, 5.74) is 5.79. The number of hydrogen-bond acceptors (Lipinski definition) is 5. The highest BCUT2D eigenvalue weighted by molar-refractivity contribution is 5.94. The van der Waals surface area contributed by atoms with Gasteiger partial charge in [-0.05, 0) is 73.0 Å². The molecule has 4 rings (SSSR count). The lowest BCUT2D eigenvalue weighted by Gasteiger charge is -2.24. The highest BCUT2D eigenvalue weighted by Gasteiger charge is 2.18. The summed E-state index contributed by atoms with van der Waals surface area (Å²) in [5.74, 6) is 1.24. The van der Waals surface area contributed by atoms with Crippen LogP contribution in [-0.2, 0) is 19.6 Å². The molecule has 0 saturated heterocycles. The highest BCUT2D eigenvalue weighted by atomic mass is 16.5. The van der Waals surface area contributed by atoms with E-state index in [1.54, 1.807) is 26.6 Å². The smallest absolute Gasteiger partial charge is 0.254 e. The average molecular weight is 471 g/mol. The van der Waals surface area contributed by atoms with Crippen molar-refractivity contribution in [2.75, 3.05) is 14.2 Å². The predicted octanol–water partition coefficient (Wildman–Crippen LogP) is 4.80. The van der Waals surface area contributed by atoms with E-state index < -0.39 is 0 Å². The van der Waals surface area contributed by atoms with Crippen molar-refractivity contribution in [3.05, 3.63) is 107 Å². The van der Waals surface area contributed by atoms with Gasteiger partial charge in [0.05, 0.1) is 26.5 Å². The molecule has 0 unspecified atom stereocenters. The van der Waals surface area contributed by atoms with Crippen LogP contribution in [0.4, 0.5) is 0 Å². The minimum absolute atomic E-state index is 0.0470. The molecule has 2 aromatic carbocycles. The second kappa shape index (κ2) is 10.9. The largest absolute Gasteiger partial charge is 0.493 e. The summed E-state index contributed by atoms with van der Waals surface area (Å²) in [6.45, 7) is 5.59. The zero-order chi connectivity index (χ0) is 24.8. The average Bonchev–Trinajstić information content (AvgIpc) is 3.20. The molecule has 0 N–H and O–H groups in total. The van der Waals surface area contributed by atoms with Gasteiger partial charge in [-0.3, -0.25) is 14.5 Å². The lowest BCUT2D eigenvalue weighted by atomic mass is 10.1. The van der Waals surface area contributed by atoms with Crippen molar-refractivity contribution in [2.45, 2.75) is 33.5 Å². The summed E-state index contributed by atoms with van der Waals surface area (Å²) >= 11 is 0. The van der Waals surface area contributed by atoms with Crippen LogP contribution in [0.15, 0.2) is 73.1 Å². The number of carbonyl (C=O) groups excluding carboxylic acids is 1. The number of rotatable bonds is 9. The number of nitrogens with zero attached hydrogens (tertiary/aromatic N) is 4. The van der Waals surface area contributed by atoms with Crippen LogP contribution in [0.3, 0.4) is 0 Å². The van der Waals surface area contributed by atoms with Gasteiger partial charge in [0.25, 0.3) is 5.91 Å². The zero-order valence-corrected chi connectivity index (χ0v) is 20.6. The van der Waals surface area contributed by atoms with Gasteiger partial charge in [0.2, 0.25) is 0 Å². The minimum Gasteiger partial charge on any atom is -0.493 e. The van der Waals surface area contributed by atoms with E-state index in [0.29, 0.717) is 36.7 Å². The Labute approximate surface area is 205 Å². The summed E-state index contributed by atoms with van der Waals surface area (Å²) in [6.07, 6.45) is 3.48. The molecule has 0 aliphatic rings. The van der Waals surface area contributed by atoms with E-state index >= 15 is 0 Å². The van der Waals surface area contributed by atoms with Crippen molar-refractivity contribution >= 4 is 5.91 Å². The Balaban J connectivity index is 1.56. The monoisotopic (exact) mass is 470 g/mol. The second-order valence-electron chi connectivity index (χ2n) is 8.49. The molecule has 2 aromatic heterocycles. The quantitative estimate of drug-likeness (QED) is 0.351.